The number of fused-ring (bicyclic) bond motifs is 6. The first-order valence-electron chi connectivity index (χ1n) is 17.2. The second kappa shape index (κ2) is 13.9. The predicted octanol–water partition coefficient (Wildman–Crippen LogP) is -14.6. The lowest BCUT2D eigenvalue weighted by Crippen LogP contribution is -2.55. The van der Waals surface area contributed by atoms with E-state index in [0.29, 0.717) is 16.8 Å². The Morgan fingerprint density at radius 3 is 1.00 bits per heavy atom. The monoisotopic (exact) mass is 684 g/mol. The molecule has 6 aromatic carbocycles. The standard InChI is InChI=1S/C36H4B20N2/c37-12-7(13(38)19(44)23(48)18(12)43)5-2-1-3-6(4-5)57-32-10(16(41)22(47)24(49)27(32)52)11-17(42)36(31(56)30(55)33(11)57)58-34-8(14(39)20(45)25(50)28(34)53)9-15(40)21(46)26(51)29(54)35(9)58/h1-4H. The highest BCUT2D eigenvalue weighted by Gasteiger charge is 2.28. The highest BCUT2D eigenvalue weighted by molar-refractivity contribution is 6.74. The van der Waals surface area contributed by atoms with E-state index in [1.807, 2.05) is 0 Å². The highest BCUT2D eigenvalue weighted by Crippen LogP contribution is 2.32. The second-order valence-corrected chi connectivity index (χ2v) is 14.1. The Morgan fingerprint density at radius 2 is 0.586 bits per heavy atom. The van der Waals surface area contributed by atoms with E-state index in [1.54, 1.807) is 28.8 Å². The van der Waals surface area contributed by atoms with Crippen LogP contribution in [-0.2, 0) is 0 Å². The van der Waals surface area contributed by atoms with E-state index in [1.165, 1.54) is 4.57 Å². The summed E-state index contributed by atoms with van der Waals surface area (Å²) in [4.78, 5) is 0. The van der Waals surface area contributed by atoms with E-state index in [-0.39, 0.29) is 159 Å². The molecule has 2 aromatic heterocycles. The fraction of sp³-hybridized carbons (Fsp3) is 0. The highest BCUT2D eigenvalue weighted by atomic mass is 15.0. The molecule has 0 aliphatic rings. The zero-order valence-corrected chi connectivity index (χ0v) is 30.8. The Labute approximate surface area is 363 Å². The molecule has 58 heavy (non-hydrogen) atoms. The average molecular weight is 681 g/mol. The molecule has 0 N–H and O–H groups in total. The zero-order chi connectivity index (χ0) is 42.5. The van der Waals surface area contributed by atoms with E-state index < -0.39 is 0 Å². The van der Waals surface area contributed by atoms with Crippen LogP contribution in [0.25, 0.3) is 66.1 Å². The van der Waals surface area contributed by atoms with Gasteiger partial charge in [0.05, 0.1) is 0 Å². The van der Waals surface area contributed by atoms with Gasteiger partial charge in [-0.2, -0.15) is 0 Å². The Balaban J connectivity index is 1.61. The van der Waals surface area contributed by atoms with Crippen molar-refractivity contribution in [2.24, 2.45) is 0 Å². The van der Waals surface area contributed by atoms with Crippen molar-refractivity contribution in [3.8, 4) is 22.5 Å². The number of hydrogen-bond acceptors (Lipinski definition) is 0. The van der Waals surface area contributed by atoms with Gasteiger partial charge >= 0.3 is 0 Å². The molecule has 0 aliphatic heterocycles. The maximum Gasteiger partial charge on any atom is 0.117 e. The van der Waals surface area contributed by atoms with E-state index in [2.05, 4.69) is 0 Å². The molecule has 40 radical (unpaired) electrons. The fourth-order valence-corrected chi connectivity index (χ4v) is 8.07. The first-order valence-corrected chi connectivity index (χ1v) is 17.2. The molecule has 2 nitrogen and oxygen atoms in total. The largest absolute Gasteiger partial charge is 0.312 e. The minimum atomic E-state index is -0.0728. The fourth-order valence-electron chi connectivity index (χ4n) is 8.07. The summed E-state index contributed by atoms with van der Waals surface area (Å²) in [6.07, 6.45) is 0. The Morgan fingerprint density at radius 1 is 0.276 bits per heavy atom. The Hall–Kier alpha value is -3.78. The molecule has 0 fully saturated rings. The molecule has 0 saturated carbocycles. The lowest BCUT2D eigenvalue weighted by molar-refractivity contribution is 1.19. The van der Waals surface area contributed by atoms with Crippen molar-refractivity contribution in [1.29, 1.82) is 0 Å². The summed E-state index contributed by atoms with van der Waals surface area (Å²) in [6, 6.07) is 6.96. The van der Waals surface area contributed by atoms with Gasteiger partial charge in [0.15, 0.2) is 0 Å². The number of aromatic nitrogens is 2. The maximum absolute atomic E-state index is 7.28. The molecule has 0 spiro atoms. The van der Waals surface area contributed by atoms with Crippen molar-refractivity contribution in [2.75, 3.05) is 0 Å². The van der Waals surface area contributed by atoms with Crippen molar-refractivity contribution < 1.29 is 0 Å². The lowest BCUT2D eigenvalue weighted by Gasteiger charge is -2.24. The molecule has 8 rings (SSSR count). The van der Waals surface area contributed by atoms with Crippen molar-refractivity contribution in [3.05, 3.63) is 24.3 Å². The molecule has 0 atom stereocenters. The number of hydrogen-bond donors (Lipinski definition) is 0. The minimum absolute atomic E-state index is 0.00172. The third kappa shape index (κ3) is 5.21. The minimum Gasteiger partial charge on any atom is -0.312 e. The summed E-state index contributed by atoms with van der Waals surface area (Å²) in [7, 11) is 132. The average Bonchev–Trinajstić information content (AvgIpc) is 3.75. The van der Waals surface area contributed by atoms with Crippen molar-refractivity contribution in [3.63, 3.8) is 0 Å². The third-order valence-corrected chi connectivity index (χ3v) is 11.2. The van der Waals surface area contributed by atoms with Gasteiger partial charge < -0.3 is 9.13 Å². The second-order valence-electron chi connectivity index (χ2n) is 14.1. The van der Waals surface area contributed by atoms with E-state index in [0.717, 1.165) is 0 Å². The van der Waals surface area contributed by atoms with Crippen LogP contribution in [0, 0.1) is 0 Å². The quantitative estimate of drug-likeness (QED) is 0.164. The first kappa shape index (κ1) is 41.0. The first-order chi connectivity index (χ1) is 27.2. The normalized spacial score (nSPS) is 11.8. The summed E-state index contributed by atoms with van der Waals surface area (Å²) in [5.41, 5.74) is 2.44. The number of rotatable bonds is 3. The molecule has 8 aromatic rings. The van der Waals surface area contributed by atoms with Gasteiger partial charge in [-0.1, -0.05) is 72.2 Å². The maximum atomic E-state index is 7.28. The summed E-state index contributed by atoms with van der Waals surface area (Å²) >= 11 is 0. The summed E-state index contributed by atoms with van der Waals surface area (Å²) in [5.74, 6) is 0. The van der Waals surface area contributed by atoms with Gasteiger partial charge in [0.1, 0.15) is 157 Å². The summed E-state index contributed by atoms with van der Waals surface area (Å²) < 4.78 is 3.19. The third-order valence-electron chi connectivity index (χ3n) is 11.2. The molecule has 0 amide bonds. The van der Waals surface area contributed by atoms with Gasteiger partial charge in [-0.15, -0.1) is 49.2 Å². The van der Waals surface area contributed by atoms with Crippen LogP contribution in [0.4, 0.5) is 0 Å². The van der Waals surface area contributed by atoms with Crippen LogP contribution in [0.2, 0.25) is 0 Å². The van der Waals surface area contributed by atoms with Crippen LogP contribution in [0.5, 0.6) is 0 Å². The van der Waals surface area contributed by atoms with Gasteiger partial charge in [0, 0.05) is 38.8 Å². The van der Waals surface area contributed by atoms with E-state index in [4.69, 9.17) is 157 Å². The molecule has 2 heterocycles. The van der Waals surface area contributed by atoms with Crippen LogP contribution >= 0.6 is 0 Å². The van der Waals surface area contributed by atoms with E-state index in [9.17, 15) is 0 Å². The molecule has 0 saturated heterocycles. The zero-order valence-electron chi connectivity index (χ0n) is 30.8. The topological polar surface area (TPSA) is 9.86 Å². The van der Waals surface area contributed by atoms with Gasteiger partial charge in [-0.3, -0.25) is 0 Å². The Kier molecular flexibility index (Phi) is 9.81. The van der Waals surface area contributed by atoms with Gasteiger partial charge in [-0.05, 0) is 39.4 Å². The van der Waals surface area contributed by atoms with Crippen molar-refractivity contribution >= 4 is 310 Å². The summed E-state index contributed by atoms with van der Waals surface area (Å²) in [6.45, 7) is 0. The van der Waals surface area contributed by atoms with Crippen LogP contribution in [0.15, 0.2) is 24.3 Å². The molecule has 0 unspecified atom stereocenters. The van der Waals surface area contributed by atoms with Crippen LogP contribution in [0.3, 0.4) is 0 Å². The van der Waals surface area contributed by atoms with Crippen molar-refractivity contribution in [1.82, 2.24) is 9.13 Å². The number of nitrogens with zero attached hydrogens (tertiary/aromatic N) is 2. The van der Waals surface area contributed by atoms with E-state index >= 15 is 0 Å². The molecule has 0 aliphatic carbocycles. The smallest absolute Gasteiger partial charge is 0.117 e. The molecule has 0 bridgehead atoms. The van der Waals surface area contributed by atoms with Gasteiger partial charge in [0.2, 0.25) is 0 Å². The van der Waals surface area contributed by atoms with Crippen LogP contribution in [0.1, 0.15) is 0 Å². The lowest BCUT2D eigenvalue weighted by atomic mass is 9.59. The van der Waals surface area contributed by atoms with Crippen molar-refractivity contribution in [2.45, 2.75) is 0 Å². The molecule has 22 heteroatoms. The van der Waals surface area contributed by atoms with Gasteiger partial charge in [0.25, 0.3) is 0 Å². The predicted molar refractivity (Wildman–Crippen MR) is 268 cm³/mol. The SMILES string of the molecule is [B]c1c([B])c([B])c(-c2cccc(-n3c4c([B])c([B])c([B])c([B])c4c4c([B])c(-n5c6c([B])c([B])c([B])c([B])c6c6c([B])c([B])c([B])c([B])c65)c([B])c([B])c43)c2)c([B])c1[B]. The van der Waals surface area contributed by atoms with Crippen LogP contribution in [-0.4, -0.2) is 166 Å². The molecule has 218 valence electrons. The molecular weight excluding hydrogens is 677 g/mol. The molecular formula is C36H4B20N2. The number of benzene rings is 6. The van der Waals surface area contributed by atoms with Crippen LogP contribution < -0.4 is 109 Å². The van der Waals surface area contributed by atoms with Gasteiger partial charge in [-0.25, -0.2) is 0 Å². The Bertz CT molecular complexity index is 3130. The summed E-state index contributed by atoms with van der Waals surface area (Å²) in [5, 5.41) is 1.01.